The van der Waals surface area contributed by atoms with Gasteiger partial charge in [-0.05, 0) is 73.3 Å². The molecule has 5 aromatic carbocycles. The lowest BCUT2D eigenvalue weighted by molar-refractivity contribution is 0.0696. The van der Waals surface area contributed by atoms with Crippen LogP contribution in [0.25, 0.3) is 54.9 Å². The molecule has 0 aromatic heterocycles. The lowest BCUT2D eigenvalue weighted by Gasteiger charge is -2.24. The van der Waals surface area contributed by atoms with Crippen molar-refractivity contribution in [1.29, 1.82) is 0 Å². The fourth-order valence-corrected chi connectivity index (χ4v) is 6.18. The highest BCUT2D eigenvalue weighted by Crippen LogP contribution is 2.54. The fraction of sp³-hybridized carbons (Fsp3) is 0.182. The van der Waals surface area contributed by atoms with Gasteiger partial charge in [0.05, 0.1) is 5.56 Å². The lowest BCUT2D eigenvalue weighted by atomic mass is 9.79. The molecule has 1 N–H and O–H groups in total. The summed E-state index contributed by atoms with van der Waals surface area (Å²) in [5.74, 6) is -0.834. The van der Waals surface area contributed by atoms with Gasteiger partial charge in [-0.3, -0.25) is 0 Å². The molecule has 0 unspecified atom stereocenters. The van der Waals surface area contributed by atoms with E-state index in [4.69, 9.17) is 0 Å². The predicted molar refractivity (Wildman–Crippen MR) is 146 cm³/mol. The summed E-state index contributed by atoms with van der Waals surface area (Å²) in [7, 11) is 0. The van der Waals surface area contributed by atoms with Gasteiger partial charge in [0.1, 0.15) is 0 Å². The number of benzene rings is 5. The Labute approximate surface area is 205 Å². The van der Waals surface area contributed by atoms with Crippen molar-refractivity contribution in [2.75, 3.05) is 0 Å². The number of carboxylic acid groups (broad SMARTS) is 1. The number of rotatable bonds is 6. The SMILES string of the molecule is CCCc1c(C(=O)O)c(-c2cccc3ccccc23)c(CCC)c2c1-c1cccc3cccc-2c13. The first kappa shape index (κ1) is 21.6. The number of hydrogen-bond acceptors (Lipinski definition) is 1. The Morgan fingerprint density at radius 3 is 1.83 bits per heavy atom. The third-order valence-electron chi connectivity index (χ3n) is 7.42. The maximum absolute atomic E-state index is 13.1. The molecule has 1 aliphatic rings. The van der Waals surface area contributed by atoms with Gasteiger partial charge in [-0.25, -0.2) is 4.79 Å². The minimum atomic E-state index is -0.834. The smallest absolute Gasteiger partial charge is 0.336 e. The van der Waals surface area contributed by atoms with Gasteiger partial charge < -0.3 is 5.11 Å². The zero-order valence-electron chi connectivity index (χ0n) is 20.2. The molecule has 0 radical (unpaired) electrons. The zero-order valence-corrected chi connectivity index (χ0v) is 20.2. The summed E-state index contributed by atoms with van der Waals surface area (Å²) in [6.07, 6.45) is 3.40. The molecule has 6 rings (SSSR count). The molecule has 0 aliphatic heterocycles. The number of carbonyl (C=O) groups is 1. The fourth-order valence-electron chi connectivity index (χ4n) is 6.18. The average molecular weight is 457 g/mol. The largest absolute Gasteiger partial charge is 0.478 e. The van der Waals surface area contributed by atoms with Crippen LogP contribution >= 0.6 is 0 Å². The molecule has 0 spiro atoms. The van der Waals surface area contributed by atoms with E-state index in [1.807, 2.05) is 12.1 Å². The maximum atomic E-state index is 13.1. The van der Waals surface area contributed by atoms with Crippen molar-refractivity contribution in [2.45, 2.75) is 39.5 Å². The molecular weight excluding hydrogens is 428 g/mol. The van der Waals surface area contributed by atoms with Gasteiger partial charge >= 0.3 is 5.97 Å². The van der Waals surface area contributed by atoms with E-state index in [9.17, 15) is 9.90 Å². The number of carboxylic acids is 1. The van der Waals surface area contributed by atoms with E-state index in [0.29, 0.717) is 5.56 Å². The summed E-state index contributed by atoms with van der Waals surface area (Å²) in [6.45, 7) is 4.32. The molecular formula is C33H28O2. The number of fused-ring (bicyclic) bond motifs is 4. The third kappa shape index (κ3) is 3.13. The van der Waals surface area contributed by atoms with Crippen molar-refractivity contribution in [2.24, 2.45) is 0 Å². The first-order chi connectivity index (χ1) is 17.2. The van der Waals surface area contributed by atoms with Gasteiger partial charge in [0.25, 0.3) is 0 Å². The Hall–Kier alpha value is -3.91. The first-order valence-corrected chi connectivity index (χ1v) is 12.6. The number of aromatic carboxylic acids is 1. The molecule has 1 aliphatic carbocycles. The zero-order chi connectivity index (χ0) is 24.1. The van der Waals surface area contributed by atoms with E-state index in [-0.39, 0.29) is 0 Å². The Bertz CT molecular complexity index is 1630. The summed E-state index contributed by atoms with van der Waals surface area (Å²) < 4.78 is 0. The van der Waals surface area contributed by atoms with Crippen LogP contribution < -0.4 is 0 Å². The van der Waals surface area contributed by atoms with Gasteiger partial charge in [-0.2, -0.15) is 0 Å². The monoisotopic (exact) mass is 456 g/mol. The van der Waals surface area contributed by atoms with Gasteiger partial charge in [0.15, 0.2) is 0 Å². The van der Waals surface area contributed by atoms with Gasteiger partial charge in [-0.1, -0.05) is 106 Å². The van der Waals surface area contributed by atoms with E-state index in [1.165, 1.54) is 33.0 Å². The predicted octanol–water partition coefficient (Wildman–Crippen LogP) is 8.91. The van der Waals surface area contributed by atoms with Crippen LogP contribution in [0.2, 0.25) is 0 Å². The van der Waals surface area contributed by atoms with Crippen molar-refractivity contribution in [3.8, 4) is 33.4 Å². The summed E-state index contributed by atoms with van der Waals surface area (Å²) in [5.41, 5.74) is 9.36. The van der Waals surface area contributed by atoms with Crippen LogP contribution in [0.3, 0.4) is 0 Å². The normalized spacial score (nSPS) is 11.8. The summed E-state index contributed by atoms with van der Waals surface area (Å²) in [4.78, 5) is 13.1. The van der Waals surface area contributed by atoms with Crippen molar-refractivity contribution >= 4 is 27.5 Å². The molecule has 35 heavy (non-hydrogen) atoms. The van der Waals surface area contributed by atoms with E-state index in [1.54, 1.807) is 0 Å². The van der Waals surface area contributed by atoms with E-state index in [0.717, 1.165) is 58.7 Å². The second-order valence-corrected chi connectivity index (χ2v) is 9.50. The van der Waals surface area contributed by atoms with Crippen molar-refractivity contribution in [3.63, 3.8) is 0 Å². The Morgan fingerprint density at radius 2 is 1.17 bits per heavy atom. The molecule has 0 fully saturated rings. The highest BCUT2D eigenvalue weighted by molar-refractivity contribution is 6.20. The standard InChI is InChI=1S/C33H28O2/c1-3-10-24-29(23-17-7-13-20-12-5-6-16-22(20)23)32(33(34)35)25(11-4-2)31-27-19-9-15-21-14-8-18-26(28(21)27)30(24)31/h5-9,12-19H,3-4,10-11H2,1-2H3,(H,34,35). The van der Waals surface area contributed by atoms with Crippen LogP contribution in [0.1, 0.15) is 48.2 Å². The maximum Gasteiger partial charge on any atom is 0.336 e. The highest BCUT2D eigenvalue weighted by Gasteiger charge is 2.33. The van der Waals surface area contributed by atoms with Crippen molar-refractivity contribution < 1.29 is 9.90 Å². The molecule has 0 bridgehead atoms. The molecule has 0 amide bonds. The van der Waals surface area contributed by atoms with Gasteiger partial charge in [0, 0.05) is 5.56 Å². The second-order valence-electron chi connectivity index (χ2n) is 9.50. The van der Waals surface area contributed by atoms with Crippen LogP contribution in [-0.2, 0) is 12.8 Å². The lowest BCUT2D eigenvalue weighted by Crippen LogP contribution is -2.11. The van der Waals surface area contributed by atoms with Crippen LogP contribution in [0.5, 0.6) is 0 Å². The Balaban J connectivity index is 1.86. The Kier molecular flexibility index (Phi) is 5.18. The van der Waals surface area contributed by atoms with Crippen molar-refractivity contribution in [3.05, 3.63) is 95.6 Å². The van der Waals surface area contributed by atoms with Crippen LogP contribution in [-0.4, -0.2) is 11.1 Å². The quantitative estimate of drug-likeness (QED) is 0.272. The number of hydrogen-bond donors (Lipinski definition) is 1. The van der Waals surface area contributed by atoms with Crippen LogP contribution in [0, 0.1) is 0 Å². The molecule has 0 atom stereocenters. The molecule has 172 valence electrons. The molecule has 0 heterocycles. The minimum absolute atomic E-state index is 0.482. The molecule has 2 heteroatoms. The topological polar surface area (TPSA) is 37.3 Å². The van der Waals surface area contributed by atoms with Gasteiger partial charge in [-0.15, -0.1) is 0 Å². The van der Waals surface area contributed by atoms with E-state index in [2.05, 4.69) is 80.6 Å². The van der Waals surface area contributed by atoms with E-state index >= 15 is 0 Å². The highest BCUT2D eigenvalue weighted by atomic mass is 16.4. The second kappa shape index (κ2) is 8.39. The van der Waals surface area contributed by atoms with Crippen molar-refractivity contribution in [1.82, 2.24) is 0 Å². The molecule has 0 saturated heterocycles. The summed E-state index contributed by atoms with van der Waals surface area (Å²) in [5, 5.41) is 15.4. The van der Waals surface area contributed by atoms with Crippen LogP contribution in [0.4, 0.5) is 0 Å². The molecule has 5 aromatic rings. The summed E-state index contributed by atoms with van der Waals surface area (Å²) in [6, 6.07) is 27.5. The average Bonchev–Trinajstić information content (AvgIpc) is 3.21. The molecule has 2 nitrogen and oxygen atoms in total. The summed E-state index contributed by atoms with van der Waals surface area (Å²) >= 11 is 0. The minimum Gasteiger partial charge on any atom is -0.478 e. The van der Waals surface area contributed by atoms with Crippen LogP contribution in [0.15, 0.2) is 78.9 Å². The Morgan fingerprint density at radius 1 is 0.629 bits per heavy atom. The third-order valence-corrected chi connectivity index (χ3v) is 7.42. The first-order valence-electron chi connectivity index (χ1n) is 12.6. The van der Waals surface area contributed by atoms with Gasteiger partial charge in [0.2, 0.25) is 0 Å². The van der Waals surface area contributed by atoms with E-state index < -0.39 is 5.97 Å². The molecule has 0 saturated carbocycles.